The van der Waals surface area contributed by atoms with Gasteiger partial charge in [0.2, 0.25) is 0 Å². The molecule has 78 valence electrons. The highest BCUT2D eigenvalue weighted by Gasteiger charge is 2.00. The van der Waals surface area contributed by atoms with Gasteiger partial charge in [0.05, 0.1) is 12.5 Å². The van der Waals surface area contributed by atoms with Gasteiger partial charge in [0.1, 0.15) is 5.75 Å². The van der Waals surface area contributed by atoms with Gasteiger partial charge in [0.25, 0.3) is 0 Å². The van der Waals surface area contributed by atoms with E-state index in [0.29, 0.717) is 12.5 Å². The topological polar surface area (TPSA) is 18.5 Å². The van der Waals surface area contributed by atoms with Crippen molar-refractivity contribution in [3.05, 3.63) is 29.8 Å². The van der Waals surface area contributed by atoms with Gasteiger partial charge < -0.3 is 9.47 Å². The van der Waals surface area contributed by atoms with Gasteiger partial charge in [-0.15, -0.1) is 11.6 Å². The van der Waals surface area contributed by atoms with E-state index >= 15 is 0 Å². The second-order valence-electron chi connectivity index (χ2n) is 2.94. The van der Waals surface area contributed by atoms with Crippen molar-refractivity contribution in [3.8, 4) is 5.75 Å². The van der Waals surface area contributed by atoms with Gasteiger partial charge in [0.15, 0.2) is 0 Å². The molecule has 0 fully saturated rings. The van der Waals surface area contributed by atoms with Crippen LogP contribution in [0.25, 0.3) is 0 Å². The van der Waals surface area contributed by atoms with Crippen molar-refractivity contribution in [2.45, 2.75) is 12.3 Å². The predicted molar refractivity (Wildman–Crippen MR) is 58.0 cm³/mol. The van der Waals surface area contributed by atoms with Gasteiger partial charge in [-0.25, -0.2) is 0 Å². The molecule has 0 radical (unpaired) electrons. The van der Waals surface area contributed by atoms with Crippen LogP contribution in [0.2, 0.25) is 0 Å². The molecule has 0 saturated carbocycles. The van der Waals surface area contributed by atoms with Gasteiger partial charge in [-0.1, -0.05) is 18.2 Å². The summed E-state index contributed by atoms with van der Waals surface area (Å²) >= 11 is 5.77. The molecule has 2 nitrogen and oxygen atoms in total. The van der Waals surface area contributed by atoms with Crippen LogP contribution in [0.3, 0.4) is 0 Å². The fourth-order valence-electron chi connectivity index (χ4n) is 1.14. The maximum Gasteiger partial charge on any atom is 0.123 e. The molecule has 0 atom stereocenters. The number of hydrogen-bond donors (Lipinski definition) is 0. The van der Waals surface area contributed by atoms with Crippen LogP contribution in [0, 0.1) is 0 Å². The molecule has 0 amide bonds. The normalized spacial score (nSPS) is 10.1. The molecular weight excluding hydrogens is 200 g/mol. The molecule has 0 bridgehead atoms. The van der Waals surface area contributed by atoms with E-state index in [2.05, 4.69) is 0 Å². The summed E-state index contributed by atoms with van der Waals surface area (Å²) in [6, 6.07) is 7.81. The third kappa shape index (κ3) is 3.56. The number of rotatable bonds is 6. The molecular formula is C11H15ClO2. The van der Waals surface area contributed by atoms with Crippen LogP contribution in [0.4, 0.5) is 0 Å². The first-order chi connectivity index (χ1) is 6.88. The van der Waals surface area contributed by atoms with Crippen LogP contribution in [0.1, 0.15) is 12.0 Å². The van der Waals surface area contributed by atoms with Crippen LogP contribution >= 0.6 is 11.6 Å². The van der Waals surface area contributed by atoms with Gasteiger partial charge in [-0.2, -0.15) is 0 Å². The molecule has 0 aliphatic carbocycles. The third-order valence-corrected chi connectivity index (χ3v) is 2.15. The number of benzene rings is 1. The molecule has 0 aliphatic rings. The van der Waals surface area contributed by atoms with Crippen LogP contribution in [0.5, 0.6) is 5.75 Å². The lowest BCUT2D eigenvalue weighted by Crippen LogP contribution is -2.02. The average Bonchev–Trinajstić information content (AvgIpc) is 2.25. The minimum atomic E-state index is 0.487. The Balaban J connectivity index is 2.41. The summed E-state index contributed by atoms with van der Waals surface area (Å²) in [5.41, 5.74) is 1.03. The van der Waals surface area contributed by atoms with Crippen molar-refractivity contribution >= 4 is 11.6 Å². The number of methoxy groups -OCH3 is 1. The Morgan fingerprint density at radius 1 is 1.21 bits per heavy atom. The lowest BCUT2D eigenvalue weighted by molar-refractivity contribution is 0.172. The van der Waals surface area contributed by atoms with E-state index in [0.717, 1.165) is 24.3 Å². The van der Waals surface area contributed by atoms with E-state index in [4.69, 9.17) is 21.1 Å². The first kappa shape index (κ1) is 11.3. The summed E-state index contributed by atoms with van der Waals surface area (Å²) < 4.78 is 10.5. The standard InChI is InChI=1S/C11H15ClO2/c1-13-7-4-8-14-11-6-3-2-5-10(11)9-12/h2-3,5-6H,4,7-9H2,1H3. The predicted octanol–water partition coefficient (Wildman–Crippen LogP) is 2.84. The fraction of sp³-hybridized carbons (Fsp3) is 0.455. The number of halogens is 1. The minimum absolute atomic E-state index is 0.487. The Hall–Kier alpha value is -0.730. The van der Waals surface area contributed by atoms with E-state index in [1.54, 1.807) is 7.11 Å². The number of hydrogen-bond acceptors (Lipinski definition) is 2. The molecule has 14 heavy (non-hydrogen) atoms. The van der Waals surface area contributed by atoms with Crippen molar-refractivity contribution in [1.29, 1.82) is 0 Å². The second kappa shape index (κ2) is 6.68. The Morgan fingerprint density at radius 3 is 2.71 bits per heavy atom. The van der Waals surface area contributed by atoms with Gasteiger partial charge in [0, 0.05) is 25.7 Å². The number of ether oxygens (including phenoxy) is 2. The molecule has 1 rings (SSSR count). The summed E-state index contributed by atoms with van der Waals surface area (Å²) in [4.78, 5) is 0. The van der Waals surface area contributed by atoms with Crippen molar-refractivity contribution in [3.63, 3.8) is 0 Å². The highest BCUT2D eigenvalue weighted by atomic mass is 35.5. The molecule has 1 aromatic rings. The molecule has 0 heterocycles. The van der Waals surface area contributed by atoms with E-state index < -0.39 is 0 Å². The SMILES string of the molecule is COCCCOc1ccccc1CCl. The van der Waals surface area contributed by atoms with E-state index in [1.165, 1.54) is 0 Å². The minimum Gasteiger partial charge on any atom is -0.493 e. The molecule has 0 N–H and O–H groups in total. The molecule has 0 spiro atoms. The molecule has 0 unspecified atom stereocenters. The molecule has 0 aromatic heterocycles. The Kier molecular flexibility index (Phi) is 5.42. The zero-order valence-corrected chi connectivity index (χ0v) is 9.09. The maximum absolute atomic E-state index is 5.77. The molecule has 3 heteroatoms. The Bertz CT molecular complexity index is 263. The zero-order chi connectivity index (χ0) is 10.2. The van der Waals surface area contributed by atoms with Crippen LogP contribution < -0.4 is 4.74 Å². The Labute approximate surface area is 89.8 Å². The molecule has 0 saturated heterocycles. The lowest BCUT2D eigenvalue weighted by Gasteiger charge is -2.08. The first-order valence-corrected chi connectivity index (χ1v) is 5.17. The third-order valence-electron chi connectivity index (χ3n) is 1.87. The second-order valence-corrected chi connectivity index (χ2v) is 3.20. The van der Waals surface area contributed by atoms with Gasteiger partial charge in [-0.05, 0) is 6.07 Å². The quantitative estimate of drug-likeness (QED) is 0.536. The number of alkyl halides is 1. The Morgan fingerprint density at radius 2 is 2.00 bits per heavy atom. The smallest absolute Gasteiger partial charge is 0.123 e. The van der Waals surface area contributed by atoms with E-state index in [9.17, 15) is 0 Å². The highest BCUT2D eigenvalue weighted by molar-refractivity contribution is 6.17. The van der Waals surface area contributed by atoms with Crippen LogP contribution in [-0.2, 0) is 10.6 Å². The largest absolute Gasteiger partial charge is 0.493 e. The van der Waals surface area contributed by atoms with Crippen molar-refractivity contribution in [1.82, 2.24) is 0 Å². The monoisotopic (exact) mass is 214 g/mol. The zero-order valence-electron chi connectivity index (χ0n) is 8.33. The lowest BCUT2D eigenvalue weighted by atomic mass is 10.2. The maximum atomic E-state index is 5.77. The first-order valence-electron chi connectivity index (χ1n) is 4.64. The molecule has 1 aromatic carbocycles. The summed E-state index contributed by atoms with van der Waals surface area (Å²) in [7, 11) is 1.69. The van der Waals surface area contributed by atoms with Gasteiger partial charge in [-0.3, -0.25) is 0 Å². The van der Waals surface area contributed by atoms with Crippen LogP contribution in [-0.4, -0.2) is 20.3 Å². The molecule has 0 aliphatic heterocycles. The summed E-state index contributed by atoms with van der Waals surface area (Å²) in [6.45, 7) is 1.39. The van der Waals surface area contributed by atoms with Crippen molar-refractivity contribution in [2.75, 3.05) is 20.3 Å². The van der Waals surface area contributed by atoms with Gasteiger partial charge >= 0.3 is 0 Å². The summed E-state index contributed by atoms with van der Waals surface area (Å²) in [6.07, 6.45) is 0.896. The highest BCUT2D eigenvalue weighted by Crippen LogP contribution is 2.19. The summed E-state index contributed by atoms with van der Waals surface area (Å²) in [5, 5.41) is 0. The van der Waals surface area contributed by atoms with E-state index in [1.807, 2.05) is 24.3 Å². The fourth-order valence-corrected chi connectivity index (χ4v) is 1.36. The van der Waals surface area contributed by atoms with Crippen molar-refractivity contribution < 1.29 is 9.47 Å². The number of para-hydroxylation sites is 1. The summed E-state index contributed by atoms with van der Waals surface area (Å²) in [5.74, 6) is 1.36. The average molecular weight is 215 g/mol. The van der Waals surface area contributed by atoms with Crippen LogP contribution in [0.15, 0.2) is 24.3 Å². The van der Waals surface area contributed by atoms with E-state index in [-0.39, 0.29) is 0 Å². The van der Waals surface area contributed by atoms with Crippen molar-refractivity contribution in [2.24, 2.45) is 0 Å².